The Morgan fingerprint density at radius 1 is 1.31 bits per heavy atom. The van der Waals surface area contributed by atoms with Gasteiger partial charge in [-0.1, -0.05) is 19.1 Å². The SMILES string of the molecule is CC(CCl)CSc1ccccc1C(F)(F)F. The summed E-state index contributed by atoms with van der Waals surface area (Å²) in [6.07, 6.45) is -4.28. The summed E-state index contributed by atoms with van der Waals surface area (Å²) in [6.45, 7) is 1.91. The molecule has 1 atom stereocenters. The van der Waals surface area contributed by atoms with Gasteiger partial charge in [-0.15, -0.1) is 23.4 Å². The van der Waals surface area contributed by atoms with Crippen LogP contribution in [0.25, 0.3) is 0 Å². The molecule has 0 saturated heterocycles. The van der Waals surface area contributed by atoms with Crippen molar-refractivity contribution in [1.82, 2.24) is 0 Å². The van der Waals surface area contributed by atoms with Crippen molar-refractivity contribution in [3.05, 3.63) is 29.8 Å². The summed E-state index contributed by atoms with van der Waals surface area (Å²) >= 11 is 6.81. The number of alkyl halides is 4. The molecule has 0 nitrogen and oxygen atoms in total. The molecule has 1 aromatic rings. The van der Waals surface area contributed by atoms with Crippen LogP contribution in [0.2, 0.25) is 0 Å². The van der Waals surface area contributed by atoms with Crippen LogP contribution >= 0.6 is 23.4 Å². The van der Waals surface area contributed by atoms with Crippen molar-refractivity contribution in [3.8, 4) is 0 Å². The van der Waals surface area contributed by atoms with Gasteiger partial charge in [-0.2, -0.15) is 13.2 Å². The van der Waals surface area contributed by atoms with E-state index in [-0.39, 0.29) is 10.8 Å². The molecule has 90 valence electrons. The molecule has 0 bridgehead atoms. The Bertz CT molecular complexity index is 338. The first-order chi connectivity index (χ1) is 7.45. The molecule has 0 aliphatic carbocycles. The lowest BCUT2D eigenvalue weighted by atomic mass is 10.2. The van der Waals surface area contributed by atoms with Gasteiger partial charge in [-0.05, 0) is 18.1 Å². The highest BCUT2D eigenvalue weighted by Crippen LogP contribution is 2.36. The lowest BCUT2D eigenvalue weighted by Crippen LogP contribution is -2.07. The number of rotatable bonds is 4. The minimum atomic E-state index is -4.28. The van der Waals surface area contributed by atoms with Crippen molar-refractivity contribution in [2.75, 3.05) is 11.6 Å². The quantitative estimate of drug-likeness (QED) is 0.565. The average Bonchev–Trinajstić information content (AvgIpc) is 2.25. The van der Waals surface area contributed by atoms with Gasteiger partial charge in [0, 0.05) is 16.5 Å². The third kappa shape index (κ3) is 3.91. The summed E-state index contributed by atoms with van der Waals surface area (Å²) in [5.41, 5.74) is -0.568. The average molecular weight is 269 g/mol. The molecule has 1 rings (SSSR count). The van der Waals surface area contributed by atoms with Gasteiger partial charge in [-0.25, -0.2) is 0 Å². The summed E-state index contributed by atoms with van der Waals surface area (Å²) < 4.78 is 37.8. The molecule has 16 heavy (non-hydrogen) atoms. The van der Waals surface area contributed by atoms with Crippen LogP contribution in [0.15, 0.2) is 29.2 Å². The maximum atomic E-state index is 12.6. The summed E-state index contributed by atoms with van der Waals surface area (Å²) in [4.78, 5) is 0.270. The Balaban J connectivity index is 2.80. The Kier molecular flexibility index (Phi) is 4.99. The van der Waals surface area contributed by atoms with Gasteiger partial charge >= 0.3 is 6.18 Å². The summed E-state index contributed by atoms with van der Waals surface area (Å²) in [6, 6.07) is 5.61. The van der Waals surface area contributed by atoms with Crippen LogP contribution in [0.4, 0.5) is 13.2 Å². The third-order valence-electron chi connectivity index (χ3n) is 1.98. The second kappa shape index (κ2) is 5.82. The number of hydrogen-bond acceptors (Lipinski definition) is 1. The molecule has 0 heterocycles. The van der Waals surface area contributed by atoms with Gasteiger partial charge in [-0.3, -0.25) is 0 Å². The lowest BCUT2D eigenvalue weighted by Gasteiger charge is -2.13. The molecule has 0 amide bonds. The fourth-order valence-corrected chi connectivity index (χ4v) is 2.44. The second-order valence-electron chi connectivity index (χ2n) is 3.56. The Labute approximate surface area is 102 Å². The minimum absolute atomic E-state index is 0.202. The number of thioether (sulfide) groups is 1. The van der Waals surface area contributed by atoms with Crippen molar-refractivity contribution in [2.24, 2.45) is 5.92 Å². The molecule has 1 unspecified atom stereocenters. The normalized spacial score (nSPS) is 13.8. The number of halogens is 4. The van der Waals surface area contributed by atoms with Gasteiger partial charge in [0.25, 0.3) is 0 Å². The molecule has 0 spiro atoms. The van der Waals surface area contributed by atoms with Gasteiger partial charge < -0.3 is 0 Å². The number of hydrogen-bond donors (Lipinski definition) is 0. The van der Waals surface area contributed by atoms with Crippen LogP contribution in [0.3, 0.4) is 0 Å². The predicted octanol–water partition coefficient (Wildman–Crippen LogP) is 4.67. The van der Waals surface area contributed by atoms with Crippen LogP contribution in [-0.2, 0) is 6.18 Å². The zero-order chi connectivity index (χ0) is 12.2. The maximum absolute atomic E-state index is 12.6. The molecule has 5 heteroatoms. The Hall–Kier alpha value is -0.350. The molecule has 1 aromatic carbocycles. The van der Waals surface area contributed by atoms with E-state index in [0.717, 1.165) is 6.07 Å². The standard InChI is InChI=1S/C11H12ClF3S/c1-8(6-12)7-16-10-5-3-2-4-9(10)11(13,14)15/h2-5,8H,6-7H2,1H3. The fraction of sp³-hybridized carbons (Fsp3) is 0.455. The van der Waals surface area contributed by atoms with Crippen molar-refractivity contribution in [3.63, 3.8) is 0 Å². The number of benzene rings is 1. The lowest BCUT2D eigenvalue weighted by molar-refractivity contribution is -0.139. The van der Waals surface area contributed by atoms with E-state index in [9.17, 15) is 13.2 Å². The molecular weight excluding hydrogens is 257 g/mol. The fourth-order valence-electron chi connectivity index (χ4n) is 1.10. The van der Waals surface area contributed by atoms with E-state index < -0.39 is 11.7 Å². The first-order valence-corrected chi connectivity index (χ1v) is 6.32. The summed E-state index contributed by atoms with van der Waals surface area (Å²) in [5, 5.41) is 0. The van der Waals surface area contributed by atoms with E-state index >= 15 is 0 Å². The molecule has 0 aliphatic rings. The first kappa shape index (κ1) is 13.7. The first-order valence-electron chi connectivity index (χ1n) is 4.80. The van der Waals surface area contributed by atoms with Gasteiger partial charge in [0.2, 0.25) is 0 Å². The topological polar surface area (TPSA) is 0 Å². The third-order valence-corrected chi connectivity index (χ3v) is 3.91. The largest absolute Gasteiger partial charge is 0.417 e. The van der Waals surface area contributed by atoms with Crippen LogP contribution < -0.4 is 0 Å². The van der Waals surface area contributed by atoms with Gasteiger partial charge in [0.15, 0.2) is 0 Å². The van der Waals surface area contributed by atoms with E-state index in [1.54, 1.807) is 6.07 Å². The zero-order valence-corrected chi connectivity index (χ0v) is 10.3. The van der Waals surface area contributed by atoms with E-state index in [2.05, 4.69) is 0 Å². The van der Waals surface area contributed by atoms with Crippen LogP contribution in [-0.4, -0.2) is 11.6 Å². The van der Waals surface area contributed by atoms with Crippen molar-refractivity contribution < 1.29 is 13.2 Å². The Morgan fingerprint density at radius 2 is 1.94 bits per heavy atom. The summed E-state index contributed by atoms with van der Waals surface area (Å²) in [7, 11) is 0. The molecule has 0 N–H and O–H groups in total. The van der Waals surface area contributed by atoms with Crippen LogP contribution in [0.1, 0.15) is 12.5 Å². The van der Waals surface area contributed by atoms with E-state index in [0.29, 0.717) is 11.6 Å². The van der Waals surface area contributed by atoms with E-state index in [4.69, 9.17) is 11.6 Å². The molecular formula is C11H12ClF3S. The molecule has 0 aliphatic heterocycles. The predicted molar refractivity (Wildman–Crippen MR) is 62.1 cm³/mol. The van der Waals surface area contributed by atoms with Gasteiger partial charge in [0.1, 0.15) is 0 Å². The van der Waals surface area contributed by atoms with Crippen molar-refractivity contribution >= 4 is 23.4 Å². The van der Waals surface area contributed by atoms with Crippen LogP contribution in [0.5, 0.6) is 0 Å². The van der Waals surface area contributed by atoms with Gasteiger partial charge in [0.05, 0.1) is 5.56 Å². The monoisotopic (exact) mass is 268 g/mol. The second-order valence-corrected chi connectivity index (χ2v) is 4.93. The Morgan fingerprint density at radius 3 is 2.50 bits per heavy atom. The zero-order valence-electron chi connectivity index (χ0n) is 8.72. The van der Waals surface area contributed by atoms with Crippen molar-refractivity contribution in [2.45, 2.75) is 18.0 Å². The van der Waals surface area contributed by atoms with Crippen molar-refractivity contribution in [1.29, 1.82) is 0 Å². The summed E-state index contributed by atoms with van der Waals surface area (Å²) in [5.74, 6) is 1.26. The van der Waals surface area contributed by atoms with E-state index in [1.165, 1.54) is 23.9 Å². The minimum Gasteiger partial charge on any atom is -0.166 e. The highest BCUT2D eigenvalue weighted by atomic mass is 35.5. The molecule has 0 fully saturated rings. The molecule has 0 radical (unpaired) electrons. The molecule has 0 aromatic heterocycles. The highest BCUT2D eigenvalue weighted by molar-refractivity contribution is 7.99. The smallest absolute Gasteiger partial charge is 0.166 e. The molecule has 0 saturated carbocycles. The van der Waals surface area contributed by atoms with E-state index in [1.807, 2.05) is 6.92 Å². The maximum Gasteiger partial charge on any atom is 0.417 e. The highest BCUT2D eigenvalue weighted by Gasteiger charge is 2.33. The van der Waals surface area contributed by atoms with Crippen LogP contribution in [0, 0.1) is 5.92 Å².